The van der Waals surface area contributed by atoms with Gasteiger partial charge in [0.1, 0.15) is 11.4 Å². The molecule has 0 radical (unpaired) electrons. The van der Waals surface area contributed by atoms with Gasteiger partial charge in [-0.3, -0.25) is 4.72 Å². The summed E-state index contributed by atoms with van der Waals surface area (Å²) in [6, 6.07) is 6.82. The van der Waals surface area contributed by atoms with E-state index < -0.39 is 10.0 Å². The number of hydrogen-bond acceptors (Lipinski definition) is 4. The zero-order chi connectivity index (χ0) is 17.5. The summed E-state index contributed by atoms with van der Waals surface area (Å²) < 4.78 is 35.1. The average Bonchev–Trinajstić information content (AvgIpc) is 2.88. The van der Waals surface area contributed by atoms with Crippen LogP contribution in [0.15, 0.2) is 41.6 Å². The number of imidazole rings is 1. The van der Waals surface area contributed by atoms with Crippen molar-refractivity contribution >= 4 is 21.4 Å². The lowest BCUT2D eigenvalue weighted by atomic mass is 10.1. The summed E-state index contributed by atoms with van der Waals surface area (Å²) >= 11 is 0. The summed E-state index contributed by atoms with van der Waals surface area (Å²) in [5.41, 5.74) is 3.52. The van der Waals surface area contributed by atoms with Crippen LogP contribution in [0.4, 0.5) is 5.69 Å². The zero-order valence-corrected chi connectivity index (χ0v) is 14.8. The van der Waals surface area contributed by atoms with Crippen LogP contribution in [-0.2, 0) is 10.0 Å². The maximum absolute atomic E-state index is 12.7. The van der Waals surface area contributed by atoms with E-state index in [1.165, 1.54) is 0 Å². The van der Waals surface area contributed by atoms with Crippen molar-refractivity contribution in [3.8, 4) is 5.75 Å². The van der Waals surface area contributed by atoms with E-state index in [-0.39, 0.29) is 4.90 Å². The topological polar surface area (TPSA) is 72.7 Å². The Morgan fingerprint density at radius 3 is 2.54 bits per heavy atom. The summed E-state index contributed by atoms with van der Waals surface area (Å²) in [5.74, 6) is 0.668. The molecule has 6 nitrogen and oxygen atoms in total. The van der Waals surface area contributed by atoms with E-state index in [4.69, 9.17) is 4.74 Å². The molecular weight excluding hydrogens is 326 g/mol. The number of nitrogens with one attached hydrogen (secondary N) is 1. The molecule has 3 aromatic rings. The number of anilines is 1. The van der Waals surface area contributed by atoms with Crippen LogP contribution in [-0.4, -0.2) is 24.9 Å². The molecule has 0 unspecified atom stereocenters. The van der Waals surface area contributed by atoms with Crippen molar-refractivity contribution in [2.75, 3.05) is 11.8 Å². The minimum absolute atomic E-state index is 0.239. The molecule has 7 heteroatoms. The number of aromatic nitrogens is 2. The van der Waals surface area contributed by atoms with E-state index in [9.17, 15) is 8.42 Å². The molecule has 0 saturated carbocycles. The first-order valence-electron chi connectivity index (χ1n) is 7.43. The van der Waals surface area contributed by atoms with Gasteiger partial charge in [-0.05, 0) is 56.2 Å². The van der Waals surface area contributed by atoms with Crippen LogP contribution in [0.2, 0.25) is 0 Å². The number of fused-ring (bicyclic) bond motifs is 1. The van der Waals surface area contributed by atoms with Crippen molar-refractivity contribution in [3.05, 3.63) is 53.5 Å². The SMILES string of the molecule is COc1cc(C)c(S(=O)(=O)Nc2ccc3nc(C)cn3c2)cc1C. The van der Waals surface area contributed by atoms with Crippen LogP contribution < -0.4 is 9.46 Å². The van der Waals surface area contributed by atoms with E-state index in [0.29, 0.717) is 17.0 Å². The molecule has 0 amide bonds. The molecule has 0 bridgehead atoms. The van der Waals surface area contributed by atoms with E-state index in [2.05, 4.69) is 9.71 Å². The van der Waals surface area contributed by atoms with Crippen LogP contribution in [0.5, 0.6) is 5.75 Å². The van der Waals surface area contributed by atoms with E-state index in [0.717, 1.165) is 16.9 Å². The third-order valence-corrected chi connectivity index (χ3v) is 5.33. The third-order valence-electron chi connectivity index (χ3n) is 3.81. The van der Waals surface area contributed by atoms with Gasteiger partial charge in [0.25, 0.3) is 10.0 Å². The molecular formula is C17H19N3O3S. The maximum atomic E-state index is 12.7. The Morgan fingerprint density at radius 2 is 1.83 bits per heavy atom. The first-order valence-corrected chi connectivity index (χ1v) is 8.92. The summed E-state index contributed by atoms with van der Waals surface area (Å²) in [6.07, 6.45) is 3.55. The minimum Gasteiger partial charge on any atom is -0.496 e. The number of rotatable bonds is 4. The number of pyridine rings is 1. The predicted molar refractivity (Wildman–Crippen MR) is 93.2 cm³/mol. The monoisotopic (exact) mass is 345 g/mol. The lowest BCUT2D eigenvalue weighted by Gasteiger charge is -2.13. The number of aryl methyl sites for hydroxylation is 3. The molecule has 0 fully saturated rings. The van der Waals surface area contributed by atoms with Gasteiger partial charge in [-0.2, -0.15) is 0 Å². The highest BCUT2D eigenvalue weighted by atomic mass is 32.2. The van der Waals surface area contributed by atoms with Crippen molar-refractivity contribution in [3.63, 3.8) is 0 Å². The molecule has 1 N–H and O–H groups in total. The summed E-state index contributed by atoms with van der Waals surface area (Å²) in [7, 11) is -2.13. The number of sulfonamides is 1. The Balaban J connectivity index is 1.99. The van der Waals surface area contributed by atoms with Gasteiger partial charge in [-0.1, -0.05) is 0 Å². The highest BCUT2D eigenvalue weighted by Crippen LogP contribution is 2.27. The van der Waals surface area contributed by atoms with Crippen LogP contribution in [0.1, 0.15) is 16.8 Å². The van der Waals surface area contributed by atoms with Crippen molar-refractivity contribution in [1.29, 1.82) is 0 Å². The lowest BCUT2D eigenvalue weighted by Crippen LogP contribution is -2.15. The second-order valence-corrected chi connectivity index (χ2v) is 7.41. The number of ether oxygens (including phenoxy) is 1. The van der Waals surface area contributed by atoms with Crippen molar-refractivity contribution in [2.45, 2.75) is 25.7 Å². The van der Waals surface area contributed by atoms with Gasteiger partial charge in [-0.15, -0.1) is 0 Å². The molecule has 24 heavy (non-hydrogen) atoms. The van der Waals surface area contributed by atoms with Crippen LogP contribution in [0, 0.1) is 20.8 Å². The molecule has 0 aliphatic rings. The van der Waals surface area contributed by atoms with Crippen molar-refractivity contribution in [1.82, 2.24) is 9.38 Å². The molecule has 0 aliphatic carbocycles. The fraction of sp³-hybridized carbons (Fsp3) is 0.235. The summed E-state index contributed by atoms with van der Waals surface area (Å²) in [6.45, 7) is 5.46. The number of nitrogens with zero attached hydrogens (tertiary/aromatic N) is 2. The van der Waals surface area contributed by atoms with Gasteiger partial charge in [0.15, 0.2) is 0 Å². The van der Waals surface area contributed by atoms with Gasteiger partial charge in [-0.25, -0.2) is 13.4 Å². The van der Waals surface area contributed by atoms with Gasteiger partial charge in [0, 0.05) is 12.4 Å². The second-order valence-electron chi connectivity index (χ2n) is 5.76. The smallest absolute Gasteiger partial charge is 0.262 e. The van der Waals surface area contributed by atoms with Crippen LogP contribution >= 0.6 is 0 Å². The largest absolute Gasteiger partial charge is 0.496 e. The van der Waals surface area contributed by atoms with Crippen molar-refractivity contribution < 1.29 is 13.2 Å². The first-order chi connectivity index (χ1) is 11.3. The van der Waals surface area contributed by atoms with Gasteiger partial charge in [0.2, 0.25) is 0 Å². The zero-order valence-electron chi connectivity index (χ0n) is 14.0. The van der Waals surface area contributed by atoms with E-state index in [1.807, 2.05) is 20.0 Å². The molecule has 0 atom stereocenters. The molecule has 2 aromatic heterocycles. The molecule has 3 rings (SSSR count). The third kappa shape index (κ3) is 2.94. The highest BCUT2D eigenvalue weighted by molar-refractivity contribution is 7.92. The molecule has 2 heterocycles. The lowest BCUT2D eigenvalue weighted by molar-refractivity contribution is 0.411. The van der Waals surface area contributed by atoms with Crippen molar-refractivity contribution in [2.24, 2.45) is 0 Å². The number of benzene rings is 1. The normalized spacial score (nSPS) is 11.7. The Hall–Kier alpha value is -2.54. The first kappa shape index (κ1) is 16.3. The van der Waals surface area contributed by atoms with Crippen LogP contribution in [0.3, 0.4) is 0 Å². The van der Waals surface area contributed by atoms with Crippen LogP contribution in [0.25, 0.3) is 5.65 Å². The summed E-state index contributed by atoms with van der Waals surface area (Å²) in [4.78, 5) is 4.56. The highest BCUT2D eigenvalue weighted by Gasteiger charge is 2.19. The Kier molecular flexibility index (Phi) is 3.96. The molecule has 1 aromatic carbocycles. The Bertz CT molecular complexity index is 1020. The fourth-order valence-corrected chi connectivity index (χ4v) is 4.02. The fourth-order valence-electron chi connectivity index (χ4n) is 2.66. The Labute approximate surface area is 141 Å². The van der Waals surface area contributed by atoms with Gasteiger partial charge < -0.3 is 9.14 Å². The molecule has 0 spiro atoms. The van der Waals surface area contributed by atoms with Gasteiger partial charge >= 0.3 is 0 Å². The predicted octanol–water partition coefficient (Wildman–Crippen LogP) is 3.07. The maximum Gasteiger partial charge on any atom is 0.262 e. The number of methoxy groups -OCH3 is 1. The standard InChI is InChI=1S/C17H19N3O3S/c1-11-8-16(12(2)7-15(11)23-4)24(21,22)19-14-5-6-17-18-13(3)9-20(17)10-14/h5-10,19H,1-4H3. The Morgan fingerprint density at radius 1 is 1.08 bits per heavy atom. The molecule has 0 aliphatic heterocycles. The molecule has 0 saturated heterocycles. The minimum atomic E-state index is -3.69. The average molecular weight is 345 g/mol. The quantitative estimate of drug-likeness (QED) is 0.789. The summed E-state index contributed by atoms with van der Waals surface area (Å²) in [5, 5.41) is 0. The molecule has 126 valence electrons. The van der Waals surface area contributed by atoms with Gasteiger partial charge in [0.05, 0.1) is 23.4 Å². The number of hydrogen-bond donors (Lipinski definition) is 1. The second kappa shape index (κ2) is 5.83. The van der Waals surface area contributed by atoms with E-state index in [1.54, 1.807) is 48.9 Å². The van der Waals surface area contributed by atoms with E-state index >= 15 is 0 Å².